The molecule has 106 valence electrons. The number of H-pyrrole nitrogens is 1. The van der Waals surface area contributed by atoms with Crippen LogP contribution >= 0.6 is 0 Å². The van der Waals surface area contributed by atoms with Crippen molar-refractivity contribution in [3.63, 3.8) is 0 Å². The van der Waals surface area contributed by atoms with Crippen molar-refractivity contribution in [2.24, 2.45) is 5.92 Å². The highest BCUT2D eigenvalue weighted by molar-refractivity contribution is 5.10. The lowest BCUT2D eigenvalue weighted by Gasteiger charge is -2.22. The molecule has 1 aliphatic rings. The molecule has 5 nitrogen and oxygen atoms in total. The Morgan fingerprint density at radius 2 is 2.37 bits per heavy atom. The zero-order chi connectivity index (χ0) is 13.7. The van der Waals surface area contributed by atoms with Crippen LogP contribution in [0.15, 0.2) is 10.9 Å². The Morgan fingerprint density at radius 3 is 3.05 bits per heavy atom. The fourth-order valence-electron chi connectivity index (χ4n) is 2.30. The second-order valence-electron chi connectivity index (χ2n) is 5.47. The van der Waals surface area contributed by atoms with Gasteiger partial charge in [0.1, 0.15) is 5.82 Å². The number of nitrogens with zero attached hydrogens (tertiary/aromatic N) is 1. The van der Waals surface area contributed by atoms with Gasteiger partial charge in [-0.25, -0.2) is 0 Å². The lowest BCUT2D eigenvalue weighted by Crippen LogP contribution is -2.30. The Kier molecular flexibility index (Phi) is 4.96. The van der Waals surface area contributed by atoms with Gasteiger partial charge in [0.2, 0.25) is 5.88 Å². The second-order valence-corrected chi connectivity index (χ2v) is 5.47. The topological polar surface area (TPSA) is 67.0 Å². The molecule has 0 radical (unpaired) electrons. The van der Waals surface area contributed by atoms with E-state index in [9.17, 15) is 4.79 Å². The molecule has 1 aromatic rings. The van der Waals surface area contributed by atoms with Crippen molar-refractivity contribution in [1.82, 2.24) is 15.3 Å². The summed E-state index contributed by atoms with van der Waals surface area (Å²) < 4.78 is 5.62. The van der Waals surface area contributed by atoms with Gasteiger partial charge in [-0.2, -0.15) is 4.98 Å². The summed E-state index contributed by atoms with van der Waals surface area (Å²) in [5.41, 5.74) is -0.145. The molecular weight excluding hydrogens is 242 g/mol. The molecule has 0 bridgehead atoms. The highest BCUT2D eigenvalue weighted by Crippen LogP contribution is 2.15. The molecule has 5 heteroatoms. The standard InChI is InChI=1S/C14H23N3O2/c1-10(2)14-16-12(18)8-13(17-14)19-7-5-11-4-3-6-15-9-11/h8,10-11,15H,3-7,9H2,1-2H3,(H,16,17,18). The fourth-order valence-corrected chi connectivity index (χ4v) is 2.30. The van der Waals surface area contributed by atoms with Crippen LogP contribution in [0.25, 0.3) is 0 Å². The number of nitrogens with one attached hydrogen (secondary N) is 2. The lowest BCUT2D eigenvalue weighted by molar-refractivity contribution is 0.246. The summed E-state index contributed by atoms with van der Waals surface area (Å²) >= 11 is 0. The number of rotatable bonds is 5. The smallest absolute Gasteiger partial charge is 0.254 e. The first-order valence-electron chi connectivity index (χ1n) is 7.10. The normalized spacial score (nSPS) is 19.6. The first-order valence-corrected chi connectivity index (χ1v) is 7.10. The van der Waals surface area contributed by atoms with Crippen LogP contribution in [-0.2, 0) is 0 Å². The molecule has 2 N–H and O–H groups in total. The molecule has 19 heavy (non-hydrogen) atoms. The quantitative estimate of drug-likeness (QED) is 0.849. The molecule has 0 aromatic carbocycles. The molecule has 2 rings (SSSR count). The second kappa shape index (κ2) is 6.70. The van der Waals surface area contributed by atoms with E-state index < -0.39 is 0 Å². The summed E-state index contributed by atoms with van der Waals surface area (Å²) in [6.45, 7) is 6.82. The van der Waals surface area contributed by atoms with E-state index in [1.54, 1.807) is 0 Å². The van der Waals surface area contributed by atoms with Gasteiger partial charge in [-0.3, -0.25) is 4.79 Å². The van der Waals surface area contributed by atoms with Gasteiger partial charge in [-0.1, -0.05) is 13.8 Å². The van der Waals surface area contributed by atoms with E-state index >= 15 is 0 Å². The average molecular weight is 265 g/mol. The average Bonchev–Trinajstić information content (AvgIpc) is 2.39. The molecule has 1 unspecified atom stereocenters. The van der Waals surface area contributed by atoms with Crippen LogP contribution in [0.3, 0.4) is 0 Å². The number of piperidine rings is 1. The maximum atomic E-state index is 11.5. The van der Waals surface area contributed by atoms with Gasteiger partial charge in [-0.15, -0.1) is 0 Å². The molecule has 0 saturated carbocycles. The van der Waals surface area contributed by atoms with Crippen molar-refractivity contribution in [3.8, 4) is 5.88 Å². The van der Waals surface area contributed by atoms with Crippen molar-refractivity contribution in [1.29, 1.82) is 0 Å². The highest BCUT2D eigenvalue weighted by Gasteiger charge is 2.13. The number of aromatic nitrogens is 2. The molecule has 0 spiro atoms. The third kappa shape index (κ3) is 4.35. The van der Waals surface area contributed by atoms with Crippen molar-refractivity contribution in [3.05, 3.63) is 22.2 Å². The molecule has 0 amide bonds. The van der Waals surface area contributed by atoms with Gasteiger partial charge >= 0.3 is 0 Å². The van der Waals surface area contributed by atoms with E-state index in [0.717, 1.165) is 19.5 Å². The SMILES string of the molecule is CC(C)c1nc(OCCC2CCCNC2)cc(=O)[nH]1. The fraction of sp³-hybridized carbons (Fsp3) is 0.714. The maximum absolute atomic E-state index is 11.5. The zero-order valence-corrected chi connectivity index (χ0v) is 11.7. The van der Waals surface area contributed by atoms with E-state index in [1.807, 2.05) is 13.8 Å². The van der Waals surface area contributed by atoms with Gasteiger partial charge in [0.15, 0.2) is 0 Å². The van der Waals surface area contributed by atoms with Gasteiger partial charge in [-0.05, 0) is 38.3 Å². The minimum absolute atomic E-state index is 0.145. The molecule has 1 atom stereocenters. The van der Waals surface area contributed by atoms with Crippen LogP contribution in [-0.4, -0.2) is 29.7 Å². The van der Waals surface area contributed by atoms with Crippen LogP contribution in [0.5, 0.6) is 5.88 Å². The van der Waals surface area contributed by atoms with Crippen molar-refractivity contribution in [2.45, 2.75) is 39.0 Å². The number of aromatic amines is 1. The predicted molar refractivity (Wildman–Crippen MR) is 74.7 cm³/mol. The largest absolute Gasteiger partial charge is 0.477 e. The molecule has 1 aliphatic heterocycles. The van der Waals surface area contributed by atoms with Crippen LogP contribution < -0.4 is 15.6 Å². The number of hydrogen-bond acceptors (Lipinski definition) is 4. The highest BCUT2D eigenvalue weighted by atomic mass is 16.5. The van der Waals surface area contributed by atoms with E-state index in [1.165, 1.54) is 18.9 Å². The molecule has 1 fully saturated rings. The Labute approximate surface area is 113 Å². The summed E-state index contributed by atoms with van der Waals surface area (Å²) in [7, 11) is 0. The van der Waals surface area contributed by atoms with Gasteiger partial charge < -0.3 is 15.0 Å². The Morgan fingerprint density at radius 1 is 1.53 bits per heavy atom. The summed E-state index contributed by atoms with van der Waals surface area (Å²) in [6.07, 6.45) is 3.51. The summed E-state index contributed by atoms with van der Waals surface area (Å²) in [5.74, 6) is 2.00. The van der Waals surface area contributed by atoms with Crippen LogP contribution in [0, 0.1) is 5.92 Å². The predicted octanol–water partition coefficient (Wildman–Crippen LogP) is 1.66. The summed E-state index contributed by atoms with van der Waals surface area (Å²) in [5, 5.41) is 3.39. The summed E-state index contributed by atoms with van der Waals surface area (Å²) in [6, 6.07) is 1.42. The van der Waals surface area contributed by atoms with Crippen LogP contribution in [0.4, 0.5) is 0 Å². The third-order valence-corrected chi connectivity index (χ3v) is 3.46. The summed E-state index contributed by atoms with van der Waals surface area (Å²) in [4.78, 5) is 18.5. The Bertz CT molecular complexity index is 450. The van der Waals surface area contributed by atoms with Gasteiger partial charge in [0, 0.05) is 5.92 Å². The van der Waals surface area contributed by atoms with Crippen LogP contribution in [0.2, 0.25) is 0 Å². The monoisotopic (exact) mass is 265 g/mol. The van der Waals surface area contributed by atoms with E-state index in [-0.39, 0.29) is 11.5 Å². The molecule has 1 aromatic heterocycles. The van der Waals surface area contributed by atoms with Gasteiger partial charge in [0.25, 0.3) is 5.56 Å². The van der Waals surface area contributed by atoms with Crippen LogP contribution in [0.1, 0.15) is 44.9 Å². The first kappa shape index (κ1) is 14.1. The van der Waals surface area contributed by atoms with Crippen molar-refractivity contribution < 1.29 is 4.74 Å². The Balaban J connectivity index is 1.86. The van der Waals surface area contributed by atoms with Gasteiger partial charge in [0.05, 0.1) is 12.7 Å². The van der Waals surface area contributed by atoms with Crippen molar-refractivity contribution in [2.75, 3.05) is 19.7 Å². The molecule has 1 saturated heterocycles. The molecule has 2 heterocycles. The maximum Gasteiger partial charge on any atom is 0.254 e. The van der Waals surface area contributed by atoms with E-state index in [2.05, 4.69) is 15.3 Å². The van der Waals surface area contributed by atoms with E-state index in [0.29, 0.717) is 24.2 Å². The minimum atomic E-state index is -0.145. The number of hydrogen-bond donors (Lipinski definition) is 2. The zero-order valence-electron chi connectivity index (χ0n) is 11.7. The third-order valence-electron chi connectivity index (χ3n) is 3.46. The molecule has 0 aliphatic carbocycles. The minimum Gasteiger partial charge on any atom is -0.477 e. The molecular formula is C14H23N3O2. The number of ether oxygens (including phenoxy) is 1. The van der Waals surface area contributed by atoms with Crippen molar-refractivity contribution >= 4 is 0 Å². The lowest BCUT2D eigenvalue weighted by atomic mass is 9.97. The first-order chi connectivity index (χ1) is 9.15. The van der Waals surface area contributed by atoms with E-state index in [4.69, 9.17) is 4.74 Å². The Hall–Kier alpha value is -1.36.